The van der Waals surface area contributed by atoms with Gasteiger partial charge in [0.05, 0.1) is 5.92 Å². The summed E-state index contributed by atoms with van der Waals surface area (Å²) < 4.78 is 13.1. The quantitative estimate of drug-likeness (QED) is 0.441. The molecule has 0 N–H and O–H groups in total. The molecule has 168 valence electrons. The lowest BCUT2D eigenvalue weighted by Crippen LogP contribution is -2.67. The largest absolute Gasteiger partial charge is 0.461 e. The zero-order valence-corrected chi connectivity index (χ0v) is 20.9. The summed E-state index contributed by atoms with van der Waals surface area (Å²) in [7, 11) is -2.58. The molecule has 3 nitrogen and oxygen atoms in total. The SMILES string of the molecule is CC[C@@H](CO[Si](c1ccccc1)(c1ccccc1)C(C)(C)C)[C@H]1OC(=O)[C@H](C)C[C@@H]1C. The van der Waals surface area contributed by atoms with Gasteiger partial charge in [0.1, 0.15) is 6.10 Å². The molecule has 3 rings (SSSR count). The van der Waals surface area contributed by atoms with Crippen molar-refractivity contribution in [1.82, 2.24) is 0 Å². The van der Waals surface area contributed by atoms with Crippen molar-refractivity contribution in [3.63, 3.8) is 0 Å². The van der Waals surface area contributed by atoms with Crippen LogP contribution in [0.5, 0.6) is 0 Å². The standard InChI is InChI=1S/C27H38O3Si/c1-7-22(25-20(2)18-21(3)26(28)30-25)19-29-31(27(4,5)6,23-14-10-8-11-15-23)24-16-12-9-13-17-24/h8-17,20-22,25H,7,18-19H2,1-6H3/t20-,21+,22-,25-/m0/s1. The van der Waals surface area contributed by atoms with Crippen molar-refractivity contribution in [2.45, 2.75) is 65.5 Å². The predicted molar refractivity (Wildman–Crippen MR) is 130 cm³/mol. The number of carbonyl (C=O) groups is 1. The summed E-state index contributed by atoms with van der Waals surface area (Å²) in [5.41, 5.74) is 0. The number of esters is 1. The van der Waals surface area contributed by atoms with E-state index in [1.165, 1.54) is 10.4 Å². The Balaban J connectivity index is 1.98. The van der Waals surface area contributed by atoms with E-state index in [4.69, 9.17) is 9.16 Å². The first-order valence-electron chi connectivity index (χ1n) is 11.7. The number of cyclic esters (lactones) is 1. The van der Waals surface area contributed by atoms with Crippen LogP contribution in [0.15, 0.2) is 60.7 Å². The third-order valence-corrected chi connectivity index (χ3v) is 11.9. The summed E-state index contributed by atoms with van der Waals surface area (Å²) in [5.74, 6) is 0.460. The van der Waals surface area contributed by atoms with E-state index in [0.29, 0.717) is 12.5 Å². The van der Waals surface area contributed by atoms with Gasteiger partial charge in [-0.15, -0.1) is 0 Å². The second-order valence-electron chi connectivity index (χ2n) is 10.2. The van der Waals surface area contributed by atoms with Crippen LogP contribution in [0.3, 0.4) is 0 Å². The maximum Gasteiger partial charge on any atom is 0.308 e. The summed E-state index contributed by atoms with van der Waals surface area (Å²) >= 11 is 0. The van der Waals surface area contributed by atoms with Crippen molar-refractivity contribution in [3.05, 3.63) is 60.7 Å². The van der Waals surface area contributed by atoms with Crippen LogP contribution in [0.25, 0.3) is 0 Å². The fourth-order valence-electron chi connectivity index (χ4n) is 5.15. The molecule has 1 saturated heterocycles. The third kappa shape index (κ3) is 4.80. The first-order valence-corrected chi connectivity index (χ1v) is 13.6. The first-order chi connectivity index (χ1) is 14.7. The fraction of sp³-hybridized carbons (Fsp3) is 0.519. The highest BCUT2D eigenvalue weighted by molar-refractivity contribution is 6.99. The molecule has 2 aromatic rings. The molecule has 1 heterocycles. The molecule has 0 unspecified atom stereocenters. The smallest absolute Gasteiger partial charge is 0.308 e. The maximum absolute atomic E-state index is 12.3. The van der Waals surface area contributed by atoms with Gasteiger partial charge in [-0.2, -0.15) is 0 Å². The Labute approximate surface area is 189 Å². The Morgan fingerprint density at radius 1 is 1.00 bits per heavy atom. The molecule has 0 spiro atoms. The highest BCUT2D eigenvalue weighted by atomic mass is 28.4. The van der Waals surface area contributed by atoms with Gasteiger partial charge in [-0.05, 0) is 34.2 Å². The number of hydrogen-bond acceptors (Lipinski definition) is 3. The number of hydrogen-bond donors (Lipinski definition) is 0. The normalized spacial score (nSPS) is 23.3. The Bertz CT molecular complexity index is 804. The van der Waals surface area contributed by atoms with Gasteiger partial charge in [0.25, 0.3) is 8.32 Å². The highest BCUT2D eigenvalue weighted by Crippen LogP contribution is 2.38. The molecule has 4 heteroatoms. The molecule has 0 bridgehead atoms. The number of benzene rings is 2. The van der Waals surface area contributed by atoms with Crippen LogP contribution in [-0.4, -0.2) is 27.0 Å². The van der Waals surface area contributed by atoms with E-state index >= 15 is 0 Å². The monoisotopic (exact) mass is 438 g/mol. The van der Waals surface area contributed by atoms with Crippen molar-refractivity contribution in [2.24, 2.45) is 17.8 Å². The van der Waals surface area contributed by atoms with Gasteiger partial charge in [-0.1, -0.05) is 102 Å². The zero-order valence-electron chi connectivity index (χ0n) is 19.9. The summed E-state index contributed by atoms with van der Waals surface area (Å²) in [6.07, 6.45) is 1.74. The summed E-state index contributed by atoms with van der Waals surface area (Å²) in [6, 6.07) is 21.4. The Hall–Kier alpha value is -1.91. The molecule has 4 atom stereocenters. The van der Waals surface area contributed by atoms with Gasteiger partial charge >= 0.3 is 5.97 Å². The van der Waals surface area contributed by atoms with E-state index in [-0.39, 0.29) is 28.9 Å². The summed E-state index contributed by atoms with van der Waals surface area (Å²) in [4.78, 5) is 12.3. The lowest BCUT2D eigenvalue weighted by molar-refractivity contribution is -0.169. The van der Waals surface area contributed by atoms with Gasteiger partial charge in [0.15, 0.2) is 0 Å². The lowest BCUT2D eigenvalue weighted by atomic mass is 9.83. The molecular weight excluding hydrogens is 400 g/mol. The Kier molecular flexibility index (Phi) is 7.43. The van der Waals surface area contributed by atoms with Crippen LogP contribution in [0, 0.1) is 17.8 Å². The van der Waals surface area contributed by atoms with Crippen LogP contribution in [0.1, 0.15) is 54.4 Å². The van der Waals surface area contributed by atoms with Gasteiger partial charge in [0, 0.05) is 12.5 Å². The van der Waals surface area contributed by atoms with E-state index in [2.05, 4.69) is 95.3 Å². The van der Waals surface area contributed by atoms with Gasteiger partial charge in [-0.25, -0.2) is 0 Å². The Morgan fingerprint density at radius 2 is 1.52 bits per heavy atom. The van der Waals surface area contributed by atoms with E-state index < -0.39 is 8.32 Å². The predicted octanol–water partition coefficient (Wildman–Crippen LogP) is 5.18. The second-order valence-corrected chi connectivity index (χ2v) is 14.5. The van der Waals surface area contributed by atoms with E-state index in [1.54, 1.807) is 0 Å². The number of ether oxygens (including phenoxy) is 1. The van der Waals surface area contributed by atoms with Gasteiger partial charge in [-0.3, -0.25) is 4.79 Å². The van der Waals surface area contributed by atoms with Crippen molar-refractivity contribution in [3.8, 4) is 0 Å². The summed E-state index contributed by atoms with van der Waals surface area (Å²) in [6.45, 7) is 13.8. The first kappa shape index (κ1) is 23.7. The zero-order chi connectivity index (χ0) is 22.6. The molecule has 1 aliphatic heterocycles. The molecule has 1 fully saturated rings. The molecule has 1 aliphatic rings. The number of rotatable bonds is 7. The topological polar surface area (TPSA) is 35.5 Å². The molecule has 0 radical (unpaired) electrons. The van der Waals surface area contributed by atoms with Crippen LogP contribution >= 0.6 is 0 Å². The lowest BCUT2D eigenvalue weighted by Gasteiger charge is -2.45. The van der Waals surface area contributed by atoms with Crippen molar-refractivity contribution in [1.29, 1.82) is 0 Å². The molecule has 0 aliphatic carbocycles. The van der Waals surface area contributed by atoms with Crippen LogP contribution < -0.4 is 10.4 Å². The average Bonchev–Trinajstić information content (AvgIpc) is 2.75. The molecule has 0 amide bonds. The van der Waals surface area contributed by atoms with Crippen LogP contribution in [-0.2, 0) is 14.0 Å². The van der Waals surface area contributed by atoms with Crippen LogP contribution in [0.4, 0.5) is 0 Å². The highest BCUT2D eigenvalue weighted by Gasteiger charge is 2.51. The number of carbonyl (C=O) groups excluding carboxylic acids is 1. The van der Waals surface area contributed by atoms with Gasteiger partial charge < -0.3 is 9.16 Å². The minimum absolute atomic E-state index is 0.0126. The summed E-state index contributed by atoms with van der Waals surface area (Å²) in [5, 5.41) is 2.51. The molecule has 0 aromatic heterocycles. The third-order valence-electron chi connectivity index (χ3n) is 6.86. The minimum atomic E-state index is -2.58. The second kappa shape index (κ2) is 9.70. The van der Waals surface area contributed by atoms with Crippen molar-refractivity contribution >= 4 is 24.7 Å². The van der Waals surface area contributed by atoms with E-state index in [0.717, 1.165) is 12.8 Å². The van der Waals surface area contributed by atoms with Crippen molar-refractivity contribution in [2.75, 3.05) is 6.61 Å². The van der Waals surface area contributed by atoms with Gasteiger partial charge in [0.2, 0.25) is 0 Å². The van der Waals surface area contributed by atoms with E-state index in [9.17, 15) is 4.79 Å². The Morgan fingerprint density at radius 3 is 1.97 bits per heavy atom. The fourth-order valence-corrected chi connectivity index (χ4v) is 9.77. The van der Waals surface area contributed by atoms with Crippen molar-refractivity contribution < 1.29 is 14.0 Å². The molecule has 31 heavy (non-hydrogen) atoms. The molecular formula is C27H38O3Si. The average molecular weight is 439 g/mol. The molecule has 2 aromatic carbocycles. The van der Waals surface area contributed by atoms with E-state index in [1.807, 2.05) is 6.92 Å². The molecule has 0 saturated carbocycles. The minimum Gasteiger partial charge on any atom is -0.461 e. The van der Waals surface area contributed by atoms with Crippen LogP contribution in [0.2, 0.25) is 5.04 Å². The maximum atomic E-state index is 12.3.